The molecule has 0 atom stereocenters. The van der Waals surface area contributed by atoms with Crippen LogP contribution in [0.5, 0.6) is 0 Å². The first kappa shape index (κ1) is 16.6. The summed E-state index contributed by atoms with van der Waals surface area (Å²) < 4.78 is 37.4. The van der Waals surface area contributed by atoms with Crippen molar-refractivity contribution in [3.8, 4) is 0 Å². The standard InChI is InChI=1S/C15H23N3O4S/c1-21-13-8-14(9-13)23(19,20)17-11-12-2-3-15(16-10-12)18-4-6-22-7-5-18/h2-3,10,13-14,17H,4-9,11H2,1H3. The van der Waals surface area contributed by atoms with Crippen molar-refractivity contribution < 1.29 is 17.9 Å². The summed E-state index contributed by atoms with van der Waals surface area (Å²) in [5.74, 6) is 0.904. The van der Waals surface area contributed by atoms with Crippen molar-refractivity contribution in [2.75, 3.05) is 38.3 Å². The van der Waals surface area contributed by atoms with Gasteiger partial charge in [0.2, 0.25) is 10.0 Å². The van der Waals surface area contributed by atoms with Crippen LogP contribution in [0.2, 0.25) is 0 Å². The van der Waals surface area contributed by atoms with Gasteiger partial charge in [-0.15, -0.1) is 0 Å². The molecule has 7 nitrogen and oxygen atoms in total. The molecule has 1 aromatic heterocycles. The lowest BCUT2D eigenvalue weighted by Crippen LogP contribution is -2.45. The van der Waals surface area contributed by atoms with E-state index in [0.29, 0.717) is 26.1 Å². The Morgan fingerprint density at radius 2 is 2.09 bits per heavy atom. The van der Waals surface area contributed by atoms with Gasteiger partial charge < -0.3 is 14.4 Å². The van der Waals surface area contributed by atoms with Crippen LogP contribution >= 0.6 is 0 Å². The lowest BCUT2D eigenvalue weighted by atomic mass is 9.95. The molecule has 1 N–H and O–H groups in total. The van der Waals surface area contributed by atoms with Gasteiger partial charge >= 0.3 is 0 Å². The van der Waals surface area contributed by atoms with E-state index in [1.54, 1.807) is 13.3 Å². The van der Waals surface area contributed by atoms with E-state index in [1.807, 2.05) is 12.1 Å². The Morgan fingerprint density at radius 1 is 1.35 bits per heavy atom. The normalized spacial score (nSPS) is 25.2. The molecule has 0 radical (unpaired) electrons. The molecule has 2 aliphatic rings. The Labute approximate surface area is 137 Å². The molecule has 0 spiro atoms. The summed E-state index contributed by atoms with van der Waals surface area (Å²) in [5.41, 5.74) is 0.855. The quantitative estimate of drug-likeness (QED) is 0.812. The number of nitrogens with one attached hydrogen (secondary N) is 1. The third-order valence-electron chi connectivity index (χ3n) is 4.45. The minimum atomic E-state index is -3.28. The number of ether oxygens (including phenoxy) is 2. The Morgan fingerprint density at radius 3 is 2.70 bits per heavy atom. The third kappa shape index (κ3) is 4.00. The zero-order valence-electron chi connectivity index (χ0n) is 13.3. The number of anilines is 1. The highest BCUT2D eigenvalue weighted by Crippen LogP contribution is 2.28. The smallest absolute Gasteiger partial charge is 0.214 e. The van der Waals surface area contributed by atoms with Crippen LogP contribution in [0, 0.1) is 0 Å². The van der Waals surface area contributed by atoms with Crippen LogP contribution < -0.4 is 9.62 Å². The van der Waals surface area contributed by atoms with Crippen molar-refractivity contribution in [3.63, 3.8) is 0 Å². The first-order valence-corrected chi connectivity index (χ1v) is 9.42. The van der Waals surface area contributed by atoms with Gasteiger partial charge in [-0.2, -0.15) is 0 Å². The molecule has 0 bridgehead atoms. The van der Waals surface area contributed by atoms with E-state index in [-0.39, 0.29) is 17.9 Å². The van der Waals surface area contributed by atoms with Crippen LogP contribution in [-0.4, -0.2) is 58.2 Å². The molecule has 1 saturated carbocycles. The summed E-state index contributed by atoms with van der Waals surface area (Å²) in [4.78, 5) is 6.59. The Balaban J connectivity index is 1.52. The van der Waals surface area contributed by atoms with E-state index >= 15 is 0 Å². The van der Waals surface area contributed by atoms with Crippen LogP contribution in [0.3, 0.4) is 0 Å². The highest BCUT2D eigenvalue weighted by molar-refractivity contribution is 7.90. The number of aromatic nitrogens is 1. The van der Waals surface area contributed by atoms with Gasteiger partial charge in [0.25, 0.3) is 0 Å². The summed E-state index contributed by atoms with van der Waals surface area (Å²) in [5, 5.41) is -0.340. The van der Waals surface area contributed by atoms with Gasteiger partial charge in [0, 0.05) is 32.9 Å². The van der Waals surface area contributed by atoms with E-state index in [1.165, 1.54) is 0 Å². The topological polar surface area (TPSA) is 80.8 Å². The zero-order valence-corrected chi connectivity index (χ0v) is 14.1. The third-order valence-corrected chi connectivity index (χ3v) is 6.25. The second-order valence-corrected chi connectivity index (χ2v) is 7.99. The Bertz CT molecular complexity index is 608. The maximum absolute atomic E-state index is 12.2. The molecule has 3 rings (SSSR count). The fraction of sp³-hybridized carbons (Fsp3) is 0.667. The van der Waals surface area contributed by atoms with Crippen LogP contribution in [0.25, 0.3) is 0 Å². The largest absolute Gasteiger partial charge is 0.381 e. The second-order valence-electron chi connectivity index (χ2n) is 5.94. The second kappa shape index (κ2) is 7.12. The number of morpholine rings is 1. The highest BCUT2D eigenvalue weighted by atomic mass is 32.2. The van der Waals surface area contributed by atoms with Crippen molar-refractivity contribution >= 4 is 15.8 Å². The maximum atomic E-state index is 12.2. The van der Waals surface area contributed by atoms with Crippen molar-refractivity contribution in [2.45, 2.75) is 30.7 Å². The van der Waals surface area contributed by atoms with Crippen molar-refractivity contribution in [1.29, 1.82) is 0 Å². The molecule has 1 aromatic rings. The SMILES string of the molecule is COC1CC(S(=O)(=O)NCc2ccc(N3CCOCC3)nc2)C1. The van der Waals surface area contributed by atoms with Gasteiger partial charge in [0.05, 0.1) is 24.6 Å². The molecular formula is C15H23N3O4S. The van der Waals surface area contributed by atoms with Gasteiger partial charge in [0.1, 0.15) is 5.82 Å². The molecule has 128 valence electrons. The fourth-order valence-electron chi connectivity index (χ4n) is 2.77. The molecule has 0 unspecified atom stereocenters. The van der Waals surface area contributed by atoms with Gasteiger partial charge in [0.15, 0.2) is 0 Å². The van der Waals surface area contributed by atoms with Crippen LogP contribution in [0.4, 0.5) is 5.82 Å². The van der Waals surface area contributed by atoms with Crippen LogP contribution in [0.1, 0.15) is 18.4 Å². The number of methoxy groups -OCH3 is 1. The van der Waals surface area contributed by atoms with E-state index in [0.717, 1.165) is 24.5 Å². The predicted molar refractivity (Wildman–Crippen MR) is 86.8 cm³/mol. The minimum Gasteiger partial charge on any atom is -0.381 e. The molecule has 0 amide bonds. The zero-order chi connectivity index (χ0) is 16.3. The molecule has 1 saturated heterocycles. The molecule has 8 heteroatoms. The molecule has 23 heavy (non-hydrogen) atoms. The lowest BCUT2D eigenvalue weighted by molar-refractivity contribution is 0.0434. The maximum Gasteiger partial charge on any atom is 0.214 e. The van der Waals surface area contributed by atoms with Crippen molar-refractivity contribution in [3.05, 3.63) is 23.9 Å². The van der Waals surface area contributed by atoms with Crippen LogP contribution in [-0.2, 0) is 26.0 Å². The van der Waals surface area contributed by atoms with E-state index in [2.05, 4.69) is 14.6 Å². The average Bonchev–Trinajstić information content (AvgIpc) is 2.53. The van der Waals surface area contributed by atoms with E-state index in [9.17, 15) is 8.42 Å². The number of rotatable bonds is 6. The highest BCUT2D eigenvalue weighted by Gasteiger charge is 2.38. The monoisotopic (exact) mass is 341 g/mol. The van der Waals surface area contributed by atoms with Gasteiger partial charge in [-0.3, -0.25) is 0 Å². The number of nitrogens with zero attached hydrogens (tertiary/aromatic N) is 2. The number of hydrogen-bond acceptors (Lipinski definition) is 6. The van der Waals surface area contributed by atoms with Crippen molar-refractivity contribution in [2.24, 2.45) is 0 Å². The Kier molecular flexibility index (Phi) is 5.15. The first-order valence-electron chi connectivity index (χ1n) is 7.87. The Hall–Kier alpha value is -1.22. The minimum absolute atomic E-state index is 0.0750. The summed E-state index contributed by atoms with van der Waals surface area (Å²) in [6.45, 7) is 3.37. The molecule has 2 heterocycles. The average molecular weight is 341 g/mol. The summed E-state index contributed by atoms with van der Waals surface area (Å²) >= 11 is 0. The van der Waals surface area contributed by atoms with Gasteiger partial charge in [-0.1, -0.05) is 6.07 Å². The van der Waals surface area contributed by atoms with Crippen LogP contribution in [0.15, 0.2) is 18.3 Å². The molecule has 0 aromatic carbocycles. The first-order chi connectivity index (χ1) is 11.1. The van der Waals surface area contributed by atoms with E-state index in [4.69, 9.17) is 9.47 Å². The summed E-state index contributed by atoms with van der Waals surface area (Å²) in [6, 6.07) is 3.85. The molecule has 1 aliphatic carbocycles. The van der Waals surface area contributed by atoms with Crippen molar-refractivity contribution in [1.82, 2.24) is 9.71 Å². The molecular weight excluding hydrogens is 318 g/mol. The lowest BCUT2D eigenvalue weighted by Gasteiger charge is -2.33. The summed E-state index contributed by atoms with van der Waals surface area (Å²) in [7, 11) is -1.67. The fourth-order valence-corrected chi connectivity index (χ4v) is 4.31. The number of hydrogen-bond donors (Lipinski definition) is 1. The van der Waals surface area contributed by atoms with E-state index < -0.39 is 10.0 Å². The molecule has 2 fully saturated rings. The molecule has 1 aliphatic heterocycles. The summed E-state index contributed by atoms with van der Waals surface area (Å²) in [6.07, 6.45) is 2.94. The number of sulfonamides is 1. The van der Waals surface area contributed by atoms with Gasteiger partial charge in [-0.05, 0) is 24.5 Å². The number of pyridine rings is 1. The van der Waals surface area contributed by atoms with Gasteiger partial charge in [-0.25, -0.2) is 18.1 Å². The predicted octanol–water partition coefficient (Wildman–Crippen LogP) is 0.515.